The lowest BCUT2D eigenvalue weighted by Gasteiger charge is -2.19. The molecule has 0 saturated heterocycles. The van der Waals surface area contributed by atoms with E-state index < -0.39 is 0 Å². The molecular formula is C13H21ClN2O. The third-order valence-corrected chi connectivity index (χ3v) is 2.73. The highest BCUT2D eigenvalue weighted by molar-refractivity contribution is 5.85. The number of rotatable bonds is 5. The fourth-order valence-electron chi connectivity index (χ4n) is 1.53. The normalized spacial score (nSPS) is 13.4. The predicted octanol–water partition coefficient (Wildman–Crippen LogP) is 2.27. The first-order chi connectivity index (χ1) is 7.69. The number of benzene rings is 1. The zero-order valence-electron chi connectivity index (χ0n) is 10.3. The van der Waals surface area contributed by atoms with Gasteiger partial charge in [-0.2, -0.15) is 0 Å². The lowest BCUT2D eigenvalue weighted by Crippen LogP contribution is -2.35. The SMILES string of the molecule is CCC(NC(=O)C(C)CN)c1ccccc1.Cl. The summed E-state index contributed by atoms with van der Waals surface area (Å²) in [5.74, 6) is -0.101. The molecular weight excluding hydrogens is 236 g/mol. The maximum Gasteiger partial charge on any atom is 0.224 e. The molecule has 0 aromatic heterocycles. The summed E-state index contributed by atoms with van der Waals surface area (Å²) in [5, 5.41) is 3.01. The zero-order chi connectivity index (χ0) is 12.0. The standard InChI is InChI=1S/C13H20N2O.ClH/c1-3-12(11-7-5-4-6-8-11)15-13(16)10(2)9-14;/h4-8,10,12H,3,9,14H2,1-2H3,(H,15,16);1H. The molecule has 4 heteroatoms. The van der Waals surface area contributed by atoms with Crippen molar-refractivity contribution in [1.29, 1.82) is 0 Å². The van der Waals surface area contributed by atoms with Gasteiger partial charge in [-0.1, -0.05) is 44.2 Å². The molecule has 1 amide bonds. The van der Waals surface area contributed by atoms with Crippen molar-refractivity contribution in [1.82, 2.24) is 5.32 Å². The average molecular weight is 257 g/mol. The summed E-state index contributed by atoms with van der Waals surface area (Å²) in [6.45, 7) is 4.29. The number of nitrogens with two attached hydrogens (primary N) is 1. The fourth-order valence-corrected chi connectivity index (χ4v) is 1.53. The lowest BCUT2D eigenvalue weighted by atomic mass is 10.0. The molecule has 3 N–H and O–H groups in total. The van der Waals surface area contributed by atoms with Gasteiger partial charge in [0.05, 0.1) is 6.04 Å². The van der Waals surface area contributed by atoms with Crippen molar-refractivity contribution in [2.24, 2.45) is 11.7 Å². The van der Waals surface area contributed by atoms with E-state index >= 15 is 0 Å². The highest BCUT2D eigenvalue weighted by Crippen LogP contribution is 2.16. The Bertz CT molecular complexity index is 329. The third-order valence-electron chi connectivity index (χ3n) is 2.73. The number of amides is 1. The summed E-state index contributed by atoms with van der Waals surface area (Å²) in [6.07, 6.45) is 0.882. The van der Waals surface area contributed by atoms with Crippen molar-refractivity contribution in [3.05, 3.63) is 35.9 Å². The van der Waals surface area contributed by atoms with E-state index in [1.54, 1.807) is 0 Å². The van der Waals surface area contributed by atoms with Crippen LogP contribution in [0.2, 0.25) is 0 Å². The fraction of sp³-hybridized carbons (Fsp3) is 0.462. The van der Waals surface area contributed by atoms with Crippen LogP contribution in [0.3, 0.4) is 0 Å². The molecule has 0 spiro atoms. The third kappa shape index (κ3) is 4.75. The van der Waals surface area contributed by atoms with Crippen molar-refractivity contribution in [3.8, 4) is 0 Å². The van der Waals surface area contributed by atoms with Crippen molar-refractivity contribution >= 4 is 18.3 Å². The second-order valence-electron chi connectivity index (χ2n) is 4.02. The Labute approximate surface area is 109 Å². The van der Waals surface area contributed by atoms with Crippen LogP contribution in [0.1, 0.15) is 31.9 Å². The van der Waals surface area contributed by atoms with E-state index in [0.29, 0.717) is 6.54 Å². The highest BCUT2D eigenvalue weighted by Gasteiger charge is 2.16. The first-order valence-corrected chi connectivity index (χ1v) is 5.74. The molecule has 3 nitrogen and oxygen atoms in total. The minimum atomic E-state index is -0.127. The Balaban J connectivity index is 0.00000256. The molecule has 1 aromatic rings. The quantitative estimate of drug-likeness (QED) is 0.849. The second-order valence-corrected chi connectivity index (χ2v) is 4.02. The van der Waals surface area contributed by atoms with Crippen LogP contribution in [0.25, 0.3) is 0 Å². The summed E-state index contributed by atoms with van der Waals surface area (Å²) in [6, 6.07) is 10.1. The van der Waals surface area contributed by atoms with E-state index in [4.69, 9.17) is 5.73 Å². The molecule has 2 unspecified atom stereocenters. The van der Waals surface area contributed by atoms with Gasteiger partial charge in [0.1, 0.15) is 0 Å². The first kappa shape index (κ1) is 15.9. The number of halogens is 1. The highest BCUT2D eigenvalue weighted by atomic mass is 35.5. The predicted molar refractivity (Wildman–Crippen MR) is 73.1 cm³/mol. The van der Waals surface area contributed by atoms with Crippen molar-refractivity contribution in [2.75, 3.05) is 6.54 Å². The molecule has 1 rings (SSSR count). The molecule has 0 fully saturated rings. The van der Waals surface area contributed by atoms with Gasteiger partial charge in [-0.3, -0.25) is 4.79 Å². The number of carbonyl (C=O) groups is 1. The van der Waals surface area contributed by atoms with E-state index in [-0.39, 0.29) is 30.3 Å². The molecule has 1 aromatic carbocycles. The molecule has 0 saturated carbocycles. The Kier molecular flexibility index (Phi) is 7.59. The van der Waals surface area contributed by atoms with E-state index in [9.17, 15) is 4.79 Å². The van der Waals surface area contributed by atoms with E-state index in [1.807, 2.05) is 37.3 Å². The average Bonchev–Trinajstić information content (AvgIpc) is 2.35. The molecule has 0 aliphatic rings. The van der Waals surface area contributed by atoms with Gasteiger partial charge in [0.2, 0.25) is 5.91 Å². The minimum Gasteiger partial charge on any atom is -0.349 e. The first-order valence-electron chi connectivity index (χ1n) is 5.74. The zero-order valence-corrected chi connectivity index (χ0v) is 11.2. The summed E-state index contributed by atoms with van der Waals surface area (Å²) in [7, 11) is 0. The van der Waals surface area contributed by atoms with Gasteiger partial charge in [0.25, 0.3) is 0 Å². The molecule has 17 heavy (non-hydrogen) atoms. The Morgan fingerprint density at radius 3 is 2.41 bits per heavy atom. The van der Waals surface area contributed by atoms with Crippen LogP contribution >= 0.6 is 12.4 Å². The van der Waals surface area contributed by atoms with Gasteiger partial charge in [0, 0.05) is 12.5 Å². The van der Waals surface area contributed by atoms with Crippen LogP contribution in [0.4, 0.5) is 0 Å². The molecule has 0 bridgehead atoms. The topological polar surface area (TPSA) is 55.1 Å². The maximum atomic E-state index is 11.7. The summed E-state index contributed by atoms with van der Waals surface area (Å²) in [5.41, 5.74) is 6.61. The monoisotopic (exact) mass is 256 g/mol. The minimum absolute atomic E-state index is 0. The van der Waals surface area contributed by atoms with Crippen LogP contribution < -0.4 is 11.1 Å². The Hall–Kier alpha value is -1.06. The summed E-state index contributed by atoms with van der Waals surface area (Å²) < 4.78 is 0. The molecule has 0 aliphatic carbocycles. The second kappa shape index (κ2) is 8.09. The van der Waals surface area contributed by atoms with Crippen molar-refractivity contribution in [2.45, 2.75) is 26.3 Å². The Morgan fingerprint density at radius 1 is 1.35 bits per heavy atom. The number of hydrogen-bond acceptors (Lipinski definition) is 2. The number of nitrogens with one attached hydrogen (secondary N) is 1. The van der Waals surface area contributed by atoms with Gasteiger partial charge in [-0.05, 0) is 12.0 Å². The van der Waals surface area contributed by atoms with Crippen LogP contribution in [-0.4, -0.2) is 12.5 Å². The summed E-state index contributed by atoms with van der Waals surface area (Å²) >= 11 is 0. The van der Waals surface area contributed by atoms with Gasteiger partial charge in [-0.25, -0.2) is 0 Å². The molecule has 2 atom stereocenters. The molecule has 0 heterocycles. The smallest absolute Gasteiger partial charge is 0.224 e. The number of hydrogen-bond donors (Lipinski definition) is 2. The van der Waals surface area contributed by atoms with Gasteiger partial charge in [0.15, 0.2) is 0 Å². The van der Waals surface area contributed by atoms with Crippen LogP contribution in [0, 0.1) is 5.92 Å². The molecule has 96 valence electrons. The van der Waals surface area contributed by atoms with E-state index in [1.165, 1.54) is 0 Å². The van der Waals surface area contributed by atoms with Crippen LogP contribution in [0.5, 0.6) is 0 Å². The van der Waals surface area contributed by atoms with Gasteiger partial charge < -0.3 is 11.1 Å². The lowest BCUT2D eigenvalue weighted by molar-refractivity contribution is -0.125. The number of carbonyl (C=O) groups excluding carboxylic acids is 1. The van der Waals surface area contributed by atoms with Gasteiger partial charge >= 0.3 is 0 Å². The maximum absolute atomic E-state index is 11.7. The van der Waals surface area contributed by atoms with Crippen LogP contribution in [0.15, 0.2) is 30.3 Å². The van der Waals surface area contributed by atoms with E-state index in [2.05, 4.69) is 12.2 Å². The largest absolute Gasteiger partial charge is 0.349 e. The van der Waals surface area contributed by atoms with Crippen molar-refractivity contribution < 1.29 is 4.79 Å². The van der Waals surface area contributed by atoms with Crippen molar-refractivity contribution in [3.63, 3.8) is 0 Å². The van der Waals surface area contributed by atoms with Crippen LogP contribution in [-0.2, 0) is 4.79 Å². The van der Waals surface area contributed by atoms with Gasteiger partial charge in [-0.15, -0.1) is 12.4 Å². The molecule has 0 radical (unpaired) electrons. The van der Waals surface area contributed by atoms with E-state index in [0.717, 1.165) is 12.0 Å². The molecule has 0 aliphatic heterocycles. The summed E-state index contributed by atoms with van der Waals surface area (Å²) in [4.78, 5) is 11.7. The Morgan fingerprint density at radius 2 is 1.94 bits per heavy atom.